The normalized spacial score (nSPS) is 10.7. The number of hydrogen-bond donors (Lipinski definition) is 2. The number of halogens is 1. The number of aromatic amines is 1. The van der Waals surface area contributed by atoms with E-state index in [2.05, 4.69) is 19.9 Å². The number of benzene rings is 1. The van der Waals surface area contributed by atoms with Gasteiger partial charge in [0, 0.05) is 61.0 Å². The number of aromatic nitrogens is 4. The second-order valence-corrected chi connectivity index (χ2v) is 7.65. The van der Waals surface area contributed by atoms with E-state index in [1.54, 1.807) is 18.6 Å². The first kappa shape index (κ1) is 21.9. The minimum absolute atomic E-state index is 0.353. The zero-order valence-electron chi connectivity index (χ0n) is 18.4. The third-order valence-corrected chi connectivity index (χ3v) is 5.07. The summed E-state index contributed by atoms with van der Waals surface area (Å²) >= 11 is 0. The van der Waals surface area contributed by atoms with Gasteiger partial charge in [-0.2, -0.15) is 0 Å². The van der Waals surface area contributed by atoms with Gasteiger partial charge < -0.3 is 15.0 Å². The number of pyridine rings is 3. The molecule has 0 amide bonds. The minimum Gasteiger partial charge on any atom is -0.481 e. The van der Waals surface area contributed by atoms with Crippen molar-refractivity contribution in [1.29, 1.82) is 0 Å². The third kappa shape index (κ3) is 4.50. The SMILES string of the molecule is CC(=O)O.CN(C)c1cccc(-c2c(F)cnc3[nH]c4cnc(-c5cccnc5)cc4c23)c1. The molecule has 5 aromatic rings. The number of carboxylic acids is 1. The Morgan fingerprint density at radius 2 is 1.79 bits per heavy atom. The van der Waals surface area contributed by atoms with Crippen molar-refractivity contribution in [3.8, 4) is 22.4 Å². The summed E-state index contributed by atoms with van der Waals surface area (Å²) in [7, 11) is 3.93. The number of rotatable bonds is 3. The molecular formula is C25H22FN5O2. The topological polar surface area (TPSA) is 95.0 Å². The van der Waals surface area contributed by atoms with Crippen molar-refractivity contribution in [2.45, 2.75) is 6.92 Å². The summed E-state index contributed by atoms with van der Waals surface area (Å²) in [6.45, 7) is 1.08. The summed E-state index contributed by atoms with van der Waals surface area (Å²) in [6.07, 6.45) is 6.52. The van der Waals surface area contributed by atoms with Gasteiger partial charge in [0.25, 0.3) is 5.97 Å². The lowest BCUT2D eigenvalue weighted by Crippen LogP contribution is -2.08. The van der Waals surface area contributed by atoms with Gasteiger partial charge in [0.1, 0.15) is 11.5 Å². The van der Waals surface area contributed by atoms with Crippen LogP contribution in [0.2, 0.25) is 0 Å². The molecule has 166 valence electrons. The average molecular weight is 443 g/mol. The molecule has 33 heavy (non-hydrogen) atoms. The maximum Gasteiger partial charge on any atom is 0.300 e. The van der Waals surface area contributed by atoms with E-state index in [-0.39, 0.29) is 5.82 Å². The molecule has 0 aliphatic carbocycles. The Morgan fingerprint density at radius 3 is 2.48 bits per heavy atom. The van der Waals surface area contributed by atoms with E-state index >= 15 is 4.39 Å². The summed E-state index contributed by atoms with van der Waals surface area (Å²) in [5.74, 6) is -1.19. The predicted molar refractivity (Wildman–Crippen MR) is 128 cm³/mol. The molecule has 0 spiro atoms. The van der Waals surface area contributed by atoms with Crippen molar-refractivity contribution in [2.75, 3.05) is 19.0 Å². The Labute approximate surface area is 189 Å². The Kier molecular flexibility index (Phi) is 5.99. The van der Waals surface area contributed by atoms with Crippen LogP contribution in [0.3, 0.4) is 0 Å². The van der Waals surface area contributed by atoms with Crippen LogP contribution < -0.4 is 4.90 Å². The third-order valence-electron chi connectivity index (χ3n) is 5.07. The number of H-pyrrole nitrogens is 1. The maximum atomic E-state index is 15.1. The van der Waals surface area contributed by atoms with E-state index in [9.17, 15) is 0 Å². The van der Waals surface area contributed by atoms with Crippen molar-refractivity contribution in [2.24, 2.45) is 0 Å². The maximum absolute atomic E-state index is 15.1. The first-order chi connectivity index (χ1) is 15.8. The molecule has 0 radical (unpaired) electrons. The van der Waals surface area contributed by atoms with Gasteiger partial charge in [-0.25, -0.2) is 9.37 Å². The quantitative estimate of drug-likeness (QED) is 0.401. The Hall–Kier alpha value is -4.33. The van der Waals surface area contributed by atoms with Crippen molar-refractivity contribution in [1.82, 2.24) is 19.9 Å². The van der Waals surface area contributed by atoms with E-state index in [0.29, 0.717) is 11.2 Å². The number of carboxylic acid groups (broad SMARTS) is 1. The lowest BCUT2D eigenvalue weighted by atomic mass is 10.00. The van der Waals surface area contributed by atoms with E-state index in [4.69, 9.17) is 9.90 Å². The van der Waals surface area contributed by atoms with Gasteiger partial charge in [-0.15, -0.1) is 0 Å². The van der Waals surface area contributed by atoms with E-state index < -0.39 is 5.97 Å². The van der Waals surface area contributed by atoms with Gasteiger partial charge >= 0.3 is 0 Å². The van der Waals surface area contributed by atoms with Crippen molar-refractivity contribution < 1.29 is 14.3 Å². The minimum atomic E-state index is -0.833. The molecular weight excluding hydrogens is 421 g/mol. The highest BCUT2D eigenvalue weighted by Gasteiger charge is 2.17. The fourth-order valence-electron chi connectivity index (χ4n) is 3.63. The first-order valence-electron chi connectivity index (χ1n) is 10.2. The van der Waals surface area contributed by atoms with Gasteiger partial charge in [-0.1, -0.05) is 12.1 Å². The van der Waals surface area contributed by atoms with Crippen LogP contribution in [0.15, 0.2) is 67.3 Å². The van der Waals surface area contributed by atoms with E-state index in [1.807, 2.05) is 61.5 Å². The highest BCUT2D eigenvalue weighted by Crippen LogP contribution is 2.37. The molecule has 0 bridgehead atoms. The van der Waals surface area contributed by atoms with E-state index in [0.717, 1.165) is 45.7 Å². The van der Waals surface area contributed by atoms with Crippen LogP contribution in [-0.2, 0) is 4.79 Å². The number of aliphatic carboxylic acids is 1. The number of carbonyl (C=O) groups is 1. The second kappa shape index (κ2) is 9.04. The van der Waals surface area contributed by atoms with Crippen LogP contribution >= 0.6 is 0 Å². The first-order valence-corrected chi connectivity index (χ1v) is 10.2. The number of nitrogens with zero attached hydrogens (tertiary/aromatic N) is 4. The average Bonchev–Trinajstić information content (AvgIpc) is 3.17. The molecule has 0 atom stereocenters. The highest BCUT2D eigenvalue weighted by molar-refractivity contribution is 6.13. The molecule has 0 saturated heterocycles. The summed E-state index contributed by atoms with van der Waals surface area (Å²) in [4.78, 5) is 27.3. The van der Waals surface area contributed by atoms with Gasteiger partial charge in [0.05, 0.1) is 23.6 Å². The van der Waals surface area contributed by atoms with Gasteiger partial charge in [0.2, 0.25) is 0 Å². The van der Waals surface area contributed by atoms with Gasteiger partial charge in [-0.3, -0.25) is 14.8 Å². The van der Waals surface area contributed by atoms with Crippen LogP contribution in [0.5, 0.6) is 0 Å². The molecule has 0 aliphatic rings. The molecule has 0 unspecified atom stereocenters. The second-order valence-electron chi connectivity index (χ2n) is 7.65. The monoisotopic (exact) mass is 443 g/mol. The molecule has 4 heterocycles. The van der Waals surface area contributed by atoms with Crippen molar-refractivity contribution >= 4 is 33.6 Å². The predicted octanol–water partition coefficient (Wildman–Crippen LogP) is 5.14. The van der Waals surface area contributed by atoms with Gasteiger partial charge in [-0.05, 0) is 35.9 Å². The molecule has 4 aromatic heterocycles. The van der Waals surface area contributed by atoms with Crippen LogP contribution in [0.1, 0.15) is 6.92 Å². The smallest absolute Gasteiger partial charge is 0.300 e. The summed E-state index contributed by atoms with van der Waals surface area (Å²) in [6, 6.07) is 13.6. The molecule has 0 fully saturated rings. The van der Waals surface area contributed by atoms with Crippen molar-refractivity contribution in [3.05, 3.63) is 73.1 Å². The van der Waals surface area contributed by atoms with Crippen molar-refractivity contribution in [3.63, 3.8) is 0 Å². The molecule has 5 rings (SSSR count). The van der Waals surface area contributed by atoms with Crippen LogP contribution in [0.4, 0.5) is 10.1 Å². The largest absolute Gasteiger partial charge is 0.481 e. The molecule has 2 N–H and O–H groups in total. The molecule has 8 heteroatoms. The number of anilines is 1. The lowest BCUT2D eigenvalue weighted by Gasteiger charge is -2.14. The fraction of sp³-hybridized carbons (Fsp3) is 0.120. The highest BCUT2D eigenvalue weighted by atomic mass is 19.1. The zero-order chi connectivity index (χ0) is 23.5. The lowest BCUT2D eigenvalue weighted by molar-refractivity contribution is -0.134. The Balaban J connectivity index is 0.000000601. The summed E-state index contributed by atoms with van der Waals surface area (Å²) in [5, 5.41) is 9.05. The summed E-state index contributed by atoms with van der Waals surface area (Å²) < 4.78 is 15.1. The number of fused-ring (bicyclic) bond motifs is 3. The Morgan fingerprint density at radius 1 is 1.03 bits per heavy atom. The van der Waals surface area contributed by atoms with E-state index in [1.165, 1.54) is 6.20 Å². The molecule has 1 aromatic carbocycles. The zero-order valence-corrected chi connectivity index (χ0v) is 18.4. The van der Waals surface area contributed by atoms with Crippen LogP contribution in [-0.4, -0.2) is 45.1 Å². The summed E-state index contributed by atoms with van der Waals surface area (Å²) in [5.41, 5.74) is 5.49. The number of hydrogen-bond acceptors (Lipinski definition) is 5. The standard InChI is InChI=1S/C23H18FN5.C2H4O2/c1-29(2)16-7-3-5-14(9-16)21-18(24)12-27-23-22(21)17-10-19(26-13-20(17)28-23)15-6-4-8-25-11-15;1-2(3)4/h3-13H,1-2H3,(H,27,28);1H3,(H,3,4). The van der Waals surface area contributed by atoms with Crippen LogP contribution in [0, 0.1) is 5.82 Å². The fourth-order valence-corrected chi connectivity index (χ4v) is 3.63. The molecule has 0 aliphatic heterocycles. The number of nitrogens with one attached hydrogen (secondary N) is 1. The van der Waals surface area contributed by atoms with Crippen LogP contribution in [0.25, 0.3) is 44.3 Å². The molecule has 0 saturated carbocycles. The molecule has 7 nitrogen and oxygen atoms in total. The van der Waals surface area contributed by atoms with Gasteiger partial charge in [0.15, 0.2) is 0 Å². The Bertz CT molecular complexity index is 1440.